The second-order valence-electron chi connectivity index (χ2n) is 14.6. The van der Waals surface area contributed by atoms with E-state index in [2.05, 4.69) is 175 Å². The molecule has 4 nitrogen and oxygen atoms in total. The fourth-order valence-corrected chi connectivity index (χ4v) is 8.94. The molecule has 0 N–H and O–H groups in total. The average molecular weight is 679 g/mol. The van der Waals surface area contributed by atoms with Gasteiger partial charge in [-0.2, -0.15) is 0 Å². The van der Waals surface area contributed by atoms with Crippen LogP contribution in [0.3, 0.4) is 0 Å². The van der Waals surface area contributed by atoms with Gasteiger partial charge in [-0.15, -0.1) is 0 Å². The van der Waals surface area contributed by atoms with E-state index >= 15 is 0 Å². The molecule has 11 rings (SSSR count). The van der Waals surface area contributed by atoms with Gasteiger partial charge in [-0.25, -0.2) is 9.97 Å². The summed E-state index contributed by atoms with van der Waals surface area (Å²) in [4.78, 5) is 10.4. The van der Waals surface area contributed by atoms with Crippen molar-refractivity contribution in [2.24, 2.45) is 0 Å². The third-order valence-electron chi connectivity index (χ3n) is 11.3. The monoisotopic (exact) mass is 678 g/mol. The van der Waals surface area contributed by atoms with E-state index in [0.29, 0.717) is 5.82 Å². The highest BCUT2D eigenvalue weighted by Gasteiger charge is 2.38. The lowest BCUT2D eigenvalue weighted by molar-refractivity contribution is 0.664. The molecule has 0 bridgehead atoms. The summed E-state index contributed by atoms with van der Waals surface area (Å²) in [5.74, 6) is 1.54. The van der Waals surface area contributed by atoms with Crippen LogP contribution in [0.1, 0.15) is 25.0 Å². The van der Waals surface area contributed by atoms with E-state index in [4.69, 9.17) is 9.97 Å². The molecule has 1 aliphatic carbocycles. The van der Waals surface area contributed by atoms with Crippen LogP contribution in [0, 0.1) is 0 Å². The summed E-state index contributed by atoms with van der Waals surface area (Å²) in [5, 5.41) is 4.96. The molecule has 7 aromatic carbocycles. The lowest BCUT2D eigenvalue weighted by Gasteiger charge is -2.23. The Labute approximate surface area is 307 Å². The second kappa shape index (κ2) is 11.1. The number of aromatic nitrogens is 4. The molecule has 3 aromatic heterocycles. The second-order valence-corrected chi connectivity index (χ2v) is 14.6. The zero-order valence-electron chi connectivity index (χ0n) is 29.5. The van der Waals surface area contributed by atoms with Crippen molar-refractivity contribution in [3.05, 3.63) is 181 Å². The smallest absolute Gasteiger partial charge is 0.162 e. The van der Waals surface area contributed by atoms with E-state index in [1.165, 1.54) is 54.8 Å². The maximum Gasteiger partial charge on any atom is 0.162 e. The van der Waals surface area contributed by atoms with Gasteiger partial charge in [0.2, 0.25) is 0 Å². The maximum absolute atomic E-state index is 5.21. The van der Waals surface area contributed by atoms with E-state index in [1.807, 2.05) is 18.2 Å². The highest BCUT2D eigenvalue weighted by molar-refractivity contribution is 6.13. The summed E-state index contributed by atoms with van der Waals surface area (Å²) in [6, 6.07) is 60.8. The minimum atomic E-state index is -0.143. The molecule has 3 heterocycles. The van der Waals surface area contributed by atoms with E-state index < -0.39 is 0 Å². The number of para-hydroxylation sites is 3. The Morgan fingerprint density at radius 3 is 1.74 bits per heavy atom. The molecule has 0 unspecified atom stereocenters. The number of nitrogens with zero attached hydrogens (tertiary/aromatic N) is 4. The van der Waals surface area contributed by atoms with Gasteiger partial charge in [-0.05, 0) is 52.6 Å². The fraction of sp³-hybridized carbons (Fsp3) is 0.0612. The van der Waals surface area contributed by atoms with Crippen molar-refractivity contribution in [1.29, 1.82) is 0 Å². The first-order valence-electron chi connectivity index (χ1n) is 18.3. The van der Waals surface area contributed by atoms with Gasteiger partial charge in [0.15, 0.2) is 5.82 Å². The lowest BCUT2D eigenvalue weighted by Crippen LogP contribution is -2.16. The summed E-state index contributed by atoms with van der Waals surface area (Å²) in [5.41, 5.74) is 14.0. The van der Waals surface area contributed by atoms with Gasteiger partial charge >= 0.3 is 0 Å². The molecule has 0 saturated heterocycles. The minimum absolute atomic E-state index is 0.143. The van der Waals surface area contributed by atoms with Crippen molar-refractivity contribution in [1.82, 2.24) is 19.1 Å². The highest BCUT2D eigenvalue weighted by Crippen LogP contribution is 2.53. The topological polar surface area (TPSA) is 35.6 Å². The predicted molar refractivity (Wildman–Crippen MR) is 219 cm³/mol. The van der Waals surface area contributed by atoms with Crippen LogP contribution in [0.4, 0.5) is 0 Å². The molecular weight excluding hydrogens is 645 g/mol. The van der Waals surface area contributed by atoms with Gasteiger partial charge in [0.05, 0.1) is 27.8 Å². The Bertz CT molecular complexity index is 3020. The van der Waals surface area contributed by atoms with Crippen LogP contribution in [0.15, 0.2) is 170 Å². The molecule has 1 aliphatic rings. The molecular formula is C49H34N4. The highest BCUT2D eigenvalue weighted by atomic mass is 15.1. The molecule has 10 aromatic rings. The van der Waals surface area contributed by atoms with Crippen molar-refractivity contribution >= 4 is 43.6 Å². The van der Waals surface area contributed by atoms with E-state index in [1.54, 1.807) is 0 Å². The molecule has 0 amide bonds. The molecule has 53 heavy (non-hydrogen) atoms. The molecule has 0 saturated carbocycles. The number of hydrogen-bond donors (Lipinski definition) is 0. The third-order valence-corrected chi connectivity index (χ3v) is 11.3. The first-order chi connectivity index (χ1) is 26.1. The third kappa shape index (κ3) is 4.30. The first-order valence-corrected chi connectivity index (χ1v) is 18.3. The van der Waals surface area contributed by atoms with E-state index in [0.717, 1.165) is 39.4 Å². The summed E-state index contributed by atoms with van der Waals surface area (Å²) >= 11 is 0. The van der Waals surface area contributed by atoms with Crippen LogP contribution >= 0.6 is 0 Å². The van der Waals surface area contributed by atoms with Crippen molar-refractivity contribution < 1.29 is 0 Å². The van der Waals surface area contributed by atoms with Gasteiger partial charge < -0.3 is 4.57 Å². The van der Waals surface area contributed by atoms with E-state index in [9.17, 15) is 0 Å². The van der Waals surface area contributed by atoms with Crippen molar-refractivity contribution in [3.63, 3.8) is 0 Å². The van der Waals surface area contributed by atoms with Crippen LogP contribution in [0.5, 0.6) is 0 Å². The minimum Gasteiger partial charge on any atom is -0.309 e. The quantitative estimate of drug-likeness (QED) is 0.186. The molecule has 0 spiro atoms. The van der Waals surface area contributed by atoms with Gasteiger partial charge in [0.25, 0.3) is 0 Å². The largest absolute Gasteiger partial charge is 0.309 e. The predicted octanol–water partition coefficient (Wildman–Crippen LogP) is 12.3. The summed E-state index contributed by atoms with van der Waals surface area (Å²) < 4.78 is 4.74. The number of rotatable bonds is 4. The zero-order chi connectivity index (χ0) is 35.3. The van der Waals surface area contributed by atoms with Crippen LogP contribution in [-0.4, -0.2) is 19.1 Å². The molecule has 4 heteroatoms. The number of benzene rings is 7. The maximum atomic E-state index is 5.21. The van der Waals surface area contributed by atoms with Crippen LogP contribution < -0.4 is 0 Å². The zero-order valence-corrected chi connectivity index (χ0v) is 29.5. The molecule has 0 fully saturated rings. The average Bonchev–Trinajstić information content (AvgIpc) is 3.81. The Kier molecular flexibility index (Phi) is 6.27. The van der Waals surface area contributed by atoms with Crippen molar-refractivity contribution in [2.45, 2.75) is 19.3 Å². The van der Waals surface area contributed by atoms with Crippen LogP contribution in [0.2, 0.25) is 0 Å². The van der Waals surface area contributed by atoms with Gasteiger partial charge in [-0.1, -0.05) is 147 Å². The fourth-order valence-electron chi connectivity index (χ4n) is 8.94. The van der Waals surface area contributed by atoms with Gasteiger partial charge in [-0.3, -0.25) is 4.57 Å². The van der Waals surface area contributed by atoms with Crippen LogP contribution in [-0.2, 0) is 5.41 Å². The molecule has 0 radical (unpaired) electrons. The number of hydrogen-bond acceptors (Lipinski definition) is 2. The SMILES string of the molecule is CC1(C)c2ccccc2-c2ccc3c4ccccc4n(-c4ccc(-c5cc(-n6c7ccccc7c7ccccc76)nc(-c6ccccc6)n5)cc4)c3c21. The van der Waals surface area contributed by atoms with Gasteiger partial charge in [0, 0.05) is 49.8 Å². The first kappa shape index (κ1) is 29.9. The number of fused-ring (bicyclic) bond motifs is 10. The molecule has 0 atom stereocenters. The van der Waals surface area contributed by atoms with Crippen LogP contribution in [0.25, 0.3) is 88.9 Å². The normalized spacial score (nSPS) is 13.2. The van der Waals surface area contributed by atoms with Crippen molar-refractivity contribution in [3.8, 4) is 45.3 Å². The Morgan fingerprint density at radius 2 is 1.04 bits per heavy atom. The molecule has 0 aliphatic heterocycles. The molecule has 250 valence electrons. The van der Waals surface area contributed by atoms with E-state index in [-0.39, 0.29) is 5.41 Å². The van der Waals surface area contributed by atoms with Crippen molar-refractivity contribution in [2.75, 3.05) is 0 Å². The van der Waals surface area contributed by atoms with Gasteiger partial charge in [0.1, 0.15) is 5.82 Å². The summed E-state index contributed by atoms with van der Waals surface area (Å²) in [6.07, 6.45) is 0. The Hall–Kier alpha value is -6.78. The lowest BCUT2D eigenvalue weighted by atomic mass is 9.81. The standard InChI is InChI=1S/C49H34N4/c1-49(2)40-20-10-6-16-34(40)38-28-29-39-37-19-9-11-21-42(37)52(47(39)46(38)49)33-26-24-31(25-27-33)41-30-45(51-48(50-41)32-14-4-3-5-15-32)53-43-22-12-7-17-35(43)36-18-8-13-23-44(36)53/h3-30H,1-2H3. The Balaban J connectivity index is 1.12. The Morgan fingerprint density at radius 1 is 0.453 bits per heavy atom. The summed E-state index contributed by atoms with van der Waals surface area (Å²) in [7, 11) is 0. The summed E-state index contributed by atoms with van der Waals surface area (Å²) in [6.45, 7) is 4.74.